The van der Waals surface area contributed by atoms with Gasteiger partial charge in [0.05, 0.1) is 6.54 Å². The SMILES string of the molecule is CN1CCOc2ncc(C(C)(C)C)cc21. The van der Waals surface area contributed by atoms with Gasteiger partial charge >= 0.3 is 0 Å². The predicted molar refractivity (Wildman–Crippen MR) is 61.7 cm³/mol. The first kappa shape index (κ1) is 10.3. The molecule has 0 atom stereocenters. The van der Waals surface area contributed by atoms with E-state index in [9.17, 15) is 0 Å². The minimum Gasteiger partial charge on any atom is -0.474 e. The maximum absolute atomic E-state index is 5.51. The van der Waals surface area contributed by atoms with E-state index in [4.69, 9.17) is 4.74 Å². The molecule has 0 bridgehead atoms. The lowest BCUT2D eigenvalue weighted by Crippen LogP contribution is -2.30. The average molecular weight is 206 g/mol. The van der Waals surface area contributed by atoms with Crippen molar-refractivity contribution in [3.05, 3.63) is 17.8 Å². The monoisotopic (exact) mass is 206 g/mol. The van der Waals surface area contributed by atoms with Gasteiger partial charge in [0.1, 0.15) is 12.3 Å². The van der Waals surface area contributed by atoms with Crippen LogP contribution in [0.2, 0.25) is 0 Å². The first-order chi connectivity index (χ1) is 6.98. The fourth-order valence-electron chi connectivity index (χ4n) is 1.64. The molecular formula is C12H18N2O. The van der Waals surface area contributed by atoms with Crippen LogP contribution in [-0.4, -0.2) is 25.2 Å². The fraction of sp³-hybridized carbons (Fsp3) is 0.583. The lowest BCUT2D eigenvalue weighted by molar-refractivity contribution is 0.298. The highest BCUT2D eigenvalue weighted by Crippen LogP contribution is 2.32. The molecule has 1 aliphatic heterocycles. The molecule has 0 aliphatic carbocycles. The van der Waals surface area contributed by atoms with E-state index in [2.05, 4.69) is 43.8 Å². The molecule has 0 saturated carbocycles. The van der Waals surface area contributed by atoms with Crippen molar-refractivity contribution in [2.24, 2.45) is 0 Å². The second-order valence-electron chi connectivity index (χ2n) is 5.07. The van der Waals surface area contributed by atoms with Gasteiger partial charge in [-0.3, -0.25) is 0 Å². The summed E-state index contributed by atoms with van der Waals surface area (Å²) in [5.74, 6) is 0.761. The highest BCUT2D eigenvalue weighted by atomic mass is 16.5. The summed E-state index contributed by atoms with van der Waals surface area (Å²) in [6.45, 7) is 8.24. The Bertz CT molecular complexity index is 368. The van der Waals surface area contributed by atoms with Gasteiger partial charge < -0.3 is 9.64 Å². The van der Waals surface area contributed by atoms with E-state index in [1.54, 1.807) is 0 Å². The third-order valence-corrected chi connectivity index (χ3v) is 2.77. The van der Waals surface area contributed by atoms with Gasteiger partial charge in [-0.15, -0.1) is 0 Å². The molecule has 0 N–H and O–H groups in total. The van der Waals surface area contributed by atoms with E-state index in [0.717, 1.165) is 24.7 Å². The lowest BCUT2D eigenvalue weighted by atomic mass is 9.88. The maximum Gasteiger partial charge on any atom is 0.237 e. The van der Waals surface area contributed by atoms with Crippen molar-refractivity contribution in [3.63, 3.8) is 0 Å². The highest BCUT2D eigenvalue weighted by Gasteiger charge is 2.21. The summed E-state index contributed by atoms with van der Waals surface area (Å²) in [5, 5.41) is 0. The summed E-state index contributed by atoms with van der Waals surface area (Å²) in [6, 6.07) is 2.18. The minimum atomic E-state index is 0.139. The number of fused-ring (bicyclic) bond motifs is 1. The number of hydrogen-bond acceptors (Lipinski definition) is 3. The molecule has 0 spiro atoms. The predicted octanol–water partition coefficient (Wildman–Crippen LogP) is 2.21. The highest BCUT2D eigenvalue weighted by molar-refractivity contribution is 5.57. The molecule has 0 unspecified atom stereocenters. The molecule has 82 valence electrons. The van der Waals surface area contributed by atoms with E-state index in [0.29, 0.717) is 0 Å². The van der Waals surface area contributed by atoms with Crippen molar-refractivity contribution >= 4 is 5.69 Å². The van der Waals surface area contributed by atoms with Crippen LogP contribution in [0.15, 0.2) is 12.3 Å². The Morgan fingerprint density at radius 2 is 2.13 bits per heavy atom. The lowest BCUT2D eigenvalue weighted by Gasteiger charge is -2.29. The van der Waals surface area contributed by atoms with E-state index in [1.165, 1.54) is 5.56 Å². The van der Waals surface area contributed by atoms with Crippen LogP contribution < -0.4 is 9.64 Å². The summed E-state index contributed by atoms with van der Waals surface area (Å²) < 4.78 is 5.51. The van der Waals surface area contributed by atoms with Gasteiger partial charge in [0.25, 0.3) is 0 Å². The van der Waals surface area contributed by atoms with Gasteiger partial charge in [-0.1, -0.05) is 20.8 Å². The standard InChI is InChI=1S/C12H18N2O/c1-12(2,3)9-7-10-11(13-8-9)15-6-5-14(10)4/h7-8H,5-6H2,1-4H3. The molecular weight excluding hydrogens is 188 g/mol. The molecule has 2 heterocycles. The number of ether oxygens (including phenoxy) is 1. The van der Waals surface area contributed by atoms with Gasteiger partial charge in [-0.2, -0.15) is 0 Å². The zero-order chi connectivity index (χ0) is 11.1. The Hall–Kier alpha value is -1.25. The van der Waals surface area contributed by atoms with E-state index in [1.807, 2.05) is 6.20 Å². The summed E-state index contributed by atoms with van der Waals surface area (Å²) in [4.78, 5) is 6.57. The molecule has 0 aromatic carbocycles. The minimum absolute atomic E-state index is 0.139. The van der Waals surface area contributed by atoms with Gasteiger partial charge in [-0.25, -0.2) is 4.98 Å². The second-order valence-corrected chi connectivity index (χ2v) is 5.07. The number of nitrogens with zero attached hydrogens (tertiary/aromatic N) is 2. The number of anilines is 1. The summed E-state index contributed by atoms with van der Waals surface area (Å²) in [5.41, 5.74) is 2.49. The molecule has 0 fully saturated rings. The van der Waals surface area contributed by atoms with Crippen LogP contribution in [0.25, 0.3) is 0 Å². The third kappa shape index (κ3) is 1.91. The van der Waals surface area contributed by atoms with Crippen molar-refractivity contribution in [3.8, 4) is 5.88 Å². The molecule has 0 amide bonds. The third-order valence-electron chi connectivity index (χ3n) is 2.77. The number of likely N-dealkylation sites (N-methyl/N-ethyl adjacent to an activating group) is 1. The van der Waals surface area contributed by atoms with Crippen LogP contribution in [-0.2, 0) is 5.41 Å². The molecule has 3 nitrogen and oxygen atoms in total. The van der Waals surface area contributed by atoms with Crippen molar-refractivity contribution in [2.45, 2.75) is 26.2 Å². The van der Waals surface area contributed by atoms with Crippen molar-refractivity contribution in [1.29, 1.82) is 0 Å². The van der Waals surface area contributed by atoms with Gasteiger partial charge in [0.15, 0.2) is 0 Å². The number of pyridine rings is 1. The van der Waals surface area contributed by atoms with E-state index >= 15 is 0 Å². The smallest absolute Gasteiger partial charge is 0.237 e. The quantitative estimate of drug-likeness (QED) is 0.650. The largest absolute Gasteiger partial charge is 0.474 e. The Kier molecular flexibility index (Phi) is 2.33. The Morgan fingerprint density at radius 1 is 1.40 bits per heavy atom. The second kappa shape index (κ2) is 3.40. The number of aromatic nitrogens is 1. The Balaban J connectivity index is 2.44. The Morgan fingerprint density at radius 3 is 2.80 bits per heavy atom. The van der Waals surface area contributed by atoms with Crippen LogP contribution in [0.1, 0.15) is 26.3 Å². The first-order valence-corrected chi connectivity index (χ1v) is 5.33. The molecule has 1 aliphatic rings. The number of hydrogen-bond donors (Lipinski definition) is 0. The van der Waals surface area contributed by atoms with Crippen LogP contribution >= 0.6 is 0 Å². The summed E-state index contributed by atoms with van der Waals surface area (Å²) >= 11 is 0. The maximum atomic E-state index is 5.51. The van der Waals surface area contributed by atoms with Gasteiger partial charge in [0, 0.05) is 13.2 Å². The molecule has 15 heavy (non-hydrogen) atoms. The fourth-order valence-corrected chi connectivity index (χ4v) is 1.64. The van der Waals surface area contributed by atoms with Crippen LogP contribution in [0.4, 0.5) is 5.69 Å². The normalized spacial score (nSPS) is 15.9. The summed E-state index contributed by atoms with van der Waals surface area (Å²) in [7, 11) is 2.08. The zero-order valence-electron chi connectivity index (χ0n) is 9.87. The molecule has 2 rings (SSSR count). The van der Waals surface area contributed by atoms with Crippen LogP contribution in [0.3, 0.4) is 0 Å². The molecule has 0 saturated heterocycles. The van der Waals surface area contributed by atoms with Crippen molar-refractivity contribution in [1.82, 2.24) is 4.98 Å². The van der Waals surface area contributed by atoms with Crippen molar-refractivity contribution in [2.75, 3.05) is 25.1 Å². The Labute approximate surface area is 91.1 Å². The topological polar surface area (TPSA) is 25.4 Å². The van der Waals surface area contributed by atoms with Crippen LogP contribution in [0.5, 0.6) is 5.88 Å². The number of rotatable bonds is 0. The molecule has 1 aromatic heterocycles. The van der Waals surface area contributed by atoms with E-state index in [-0.39, 0.29) is 5.41 Å². The van der Waals surface area contributed by atoms with E-state index < -0.39 is 0 Å². The average Bonchev–Trinajstić information content (AvgIpc) is 2.16. The van der Waals surface area contributed by atoms with Gasteiger partial charge in [-0.05, 0) is 17.0 Å². The summed E-state index contributed by atoms with van der Waals surface area (Å²) in [6.07, 6.45) is 1.91. The first-order valence-electron chi connectivity index (χ1n) is 5.33. The molecule has 0 radical (unpaired) electrons. The molecule has 3 heteroatoms. The zero-order valence-corrected chi connectivity index (χ0v) is 9.87. The van der Waals surface area contributed by atoms with Gasteiger partial charge in [0.2, 0.25) is 5.88 Å². The molecule has 1 aromatic rings. The van der Waals surface area contributed by atoms with Crippen molar-refractivity contribution < 1.29 is 4.74 Å². The van der Waals surface area contributed by atoms with Crippen LogP contribution in [0, 0.1) is 0 Å².